The Labute approximate surface area is 81.7 Å². The van der Waals surface area contributed by atoms with Gasteiger partial charge in [0.25, 0.3) is 5.91 Å². The third-order valence-corrected chi connectivity index (χ3v) is 3.17. The molecule has 1 aromatic carbocycles. The summed E-state index contributed by atoms with van der Waals surface area (Å²) in [4.78, 5) is 11.4. The largest absolute Gasteiger partial charge is 0.348 e. The van der Waals surface area contributed by atoms with E-state index in [2.05, 4.69) is 5.32 Å². The van der Waals surface area contributed by atoms with E-state index < -0.39 is 0 Å². The van der Waals surface area contributed by atoms with Crippen LogP contribution in [0.15, 0.2) is 0 Å². The third-order valence-electron chi connectivity index (χ3n) is 3.17. The summed E-state index contributed by atoms with van der Waals surface area (Å²) in [5.41, 5.74) is 8.20. The number of hydrogen-bond donors (Lipinski definition) is 1. The summed E-state index contributed by atoms with van der Waals surface area (Å²) in [7, 11) is 0. The van der Waals surface area contributed by atoms with Crippen LogP contribution in [0.4, 0.5) is 0 Å². The number of rotatable bonds is 0. The molecule has 13 heavy (non-hydrogen) atoms. The fraction of sp³-hybridized carbons (Fsp3) is 0.300. The Hall–Kier alpha value is -1.02. The van der Waals surface area contributed by atoms with Gasteiger partial charge in [0.15, 0.2) is 0 Å². The Bertz CT molecular complexity index is 465. The van der Waals surface area contributed by atoms with Crippen molar-refractivity contribution in [1.29, 1.82) is 0 Å². The van der Waals surface area contributed by atoms with E-state index in [-0.39, 0.29) is 18.3 Å². The van der Waals surface area contributed by atoms with Gasteiger partial charge in [-0.15, -0.1) is 12.4 Å². The van der Waals surface area contributed by atoms with Crippen LogP contribution in [0.2, 0.25) is 0 Å². The lowest BCUT2D eigenvalue weighted by molar-refractivity contribution is 0.0965. The molecule has 1 heterocycles. The van der Waals surface area contributed by atoms with Crippen LogP contribution in [0, 0.1) is 0 Å². The van der Waals surface area contributed by atoms with Crippen LogP contribution < -0.4 is 5.32 Å². The summed E-state index contributed by atoms with van der Waals surface area (Å²) in [5, 5.41) is 2.89. The second-order valence-corrected chi connectivity index (χ2v) is 3.80. The molecule has 0 unspecified atom stereocenters. The normalized spacial score (nSPS) is 18.0. The van der Waals surface area contributed by atoms with E-state index in [1.165, 1.54) is 22.3 Å². The quantitative estimate of drug-likeness (QED) is 0.571. The molecule has 0 atom stereocenters. The van der Waals surface area contributed by atoms with Gasteiger partial charge in [0.1, 0.15) is 0 Å². The number of amides is 1. The van der Waals surface area contributed by atoms with Gasteiger partial charge in [-0.25, -0.2) is 0 Å². The number of nitrogens with one attached hydrogen (secondary N) is 1. The Morgan fingerprint density at radius 1 is 0.923 bits per heavy atom. The lowest BCUT2D eigenvalue weighted by Gasteiger charge is -1.89. The summed E-state index contributed by atoms with van der Waals surface area (Å²) in [5.74, 6) is 0.161. The maximum atomic E-state index is 11.4. The Morgan fingerprint density at radius 3 is 2.38 bits per heavy atom. The van der Waals surface area contributed by atoms with Gasteiger partial charge in [-0.05, 0) is 40.7 Å². The van der Waals surface area contributed by atoms with Gasteiger partial charge < -0.3 is 5.32 Å². The highest BCUT2D eigenvalue weighted by molar-refractivity contribution is 6.03. The smallest absolute Gasteiger partial charge is 0.252 e. The zero-order valence-corrected chi connectivity index (χ0v) is 7.75. The maximum absolute atomic E-state index is 11.4. The SMILES string of the molecule is Cl.O=C1NCc2c3c(c4c(c21)C4)C3. The standard InChI is InChI=1S/C10H7NO.ClH/c12-10-9-7-2-5(7)4-1-6(4)8(9)3-11-10;/h1-3H2,(H,11,12);1H. The molecule has 66 valence electrons. The molecule has 0 bridgehead atoms. The number of carbonyl (C=O) groups excluding carboxylic acids is 1. The second-order valence-electron chi connectivity index (χ2n) is 3.80. The third kappa shape index (κ3) is 0.684. The molecule has 2 nitrogen and oxygen atoms in total. The van der Waals surface area contributed by atoms with Crippen molar-refractivity contribution in [2.24, 2.45) is 0 Å². The average Bonchev–Trinajstić information content (AvgIpc) is 2.92. The first kappa shape index (κ1) is 7.39. The number of fused-ring (bicyclic) bond motifs is 6. The molecule has 0 saturated carbocycles. The number of halogens is 1. The molecule has 0 aromatic heterocycles. The van der Waals surface area contributed by atoms with Crippen LogP contribution in [0.1, 0.15) is 38.2 Å². The Kier molecular flexibility index (Phi) is 1.08. The molecule has 1 amide bonds. The topological polar surface area (TPSA) is 29.1 Å². The van der Waals surface area contributed by atoms with Gasteiger partial charge in [0.2, 0.25) is 0 Å². The van der Waals surface area contributed by atoms with Crippen LogP contribution in [0.3, 0.4) is 0 Å². The predicted octanol–water partition coefficient (Wildman–Crippen LogP) is 1.16. The summed E-state index contributed by atoms with van der Waals surface area (Å²) >= 11 is 0. The lowest BCUT2D eigenvalue weighted by Crippen LogP contribution is -2.12. The van der Waals surface area contributed by atoms with E-state index in [1.807, 2.05) is 0 Å². The van der Waals surface area contributed by atoms with E-state index in [9.17, 15) is 4.79 Å². The summed E-state index contributed by atoms with van der Waals surface area (Å²) < 4.78 is 0. The van der Waals surface area contributed by atoms with Crippen LogP contribution in [0.25, 0.3) is 0 Å². The number of hydrogen-bond acceptors (Lipinski definition) is 1. The monoisotopic (exact) mass is 193 g/mol. The summed E-state index contributed by atoms with van der Waals surface area (Å²) in [6.45, 7) is 0.782. The molecule has 3 heteroatoms. The highest BCUT2D eigenvalue weighted by atomic mass is 35.5. The van der Waals surface area contributed by atoms with Gasteiger partial charge in [-0.2, -0.15) is 0 Å². The number of carbonyl (C=O) groups is 1. The van der Waals surface area contributed by atoms with E-state index >= 15 is 0 Å². The molecule has 4 rings (SSSR count). The fourth-order valence-corrected chi connectivity index (χ4v) is 2.43. The average molecular weight is 194 g/mol. The van der Waals surface area contributed by atoms with Gasteiger partial charge >= 0.3 is 0 Å². The van der Waals surface area contributed by atoms with E-state index in [0.717, 1.165) is 24.9 Å². The zero-order valence-electron chi connectivity index (χ0n) is 6.94. The Morgan fingerprint density at radius 2 is 1.54 bits per heavy atom. The molecule has 2 aliphatic carbocycles. The van der Waals surface area contributed by atoms with E-state index in [0.29, 0.717) is 0 Å². The van der Waals surface area contributed by atoms with Crippen molar-refractivity contribution in [3.63, 3.8) is 0 Å². The molecule has 0 spiro atoms. The van der Waals surface area contributed by atoms with Crippen molar-refractivity contribution in [2.75, 3.05) is 0 Å². The highest BCUT2D eigenvalue weighted by Gasteiger charge is 2.41. The first-order valence-electron chi connectivity index (χ1n) is 4.33. The van der Waals surface area contributed by atoms with Gasteiger partial charge in [0, 0.05) is 12.1 Å². The number of benzene rings is 1. The van der Waals surface area contributed by atoms with Crippen LogP contribution in [-0.2, 0) is 19.4 Å². The minimum atomic E-state index is 0. The molecule has 0 fully saturated rings. The Balaban J connectivity index is 0.000000562. The second kappa shape index (κ2) is 1.90. The first-order valence-corrected chi connectivity index (χ1v) is 4.33. The molecule has 1 N–H and O–H groups in total. The first-order chi connectivity index (χ1) is 5.86. The van der Waals surface area contributed by atoms with Crippen molar-refractivity contribution < 1.29 is 4.79 Å². The van der Waals surface area contributed by atoms with Crippen molar-refractivity contribution in [1.82, 2.24) is 5.32 Å². The van der Waals surface area contributed by atoms with Crippen LogP contribution in [-0.4, -0.2) is 5.91 Å². The summed E-state index contributed by atoms with van der Waals surface area (Å²) in [6, 6.07) is 0. The molecular formula is C10H8ClNO. The van der Waals surface area contributed by atoms with Crippen molar-refractivity contribution in [3.05, 3.63) is 33.4 Å². The fourth-order valence-electron chi connectivity index (χ4n) is 2.43. The molecule has 0 radical (unpaired) electrons. The van der Waals surface area contributed by atoms with Crippen molar-refractivity contribution >= 4 is 18.3 Å². The lowest BCUT2D eigenvalue weighted by atomic mass is 10.1. The minimum absolute atomic E-state index is 0. The van der Waals surface area contributed by atoms with Crippen LogP contribution in [0.5, 0.6) is 0 Å². The molecule has 1 aliphatic heterocycles. The summed E-state index contributed by atoms with van der Waals surface area (Å²) in [6.07, 6.45) is 2.25. The maximum Gasteiger partial charge on any atom is 0.252 e. The van der Waals surface area contributed by atoms with Gasteiger partial charge in [-0.3, -0.25) is 4.79 Å². The predicted molar refractivity (Wildman–Crippen MR) is 50.5 cm³/mol. The minimum Gasteiger partial charge on any atom is -0.348 e. The zero-order chi connectivity index (χ0) is 7.87. The van der Waals surface area contributed by atoms with E-state index in [4.69, 9.17) is 0 Å². The molecule has 0 saturated heterocycles. The molecule has 3 aliphatic rings. The highest BCUT2D eigenvalue weighted by Crippen LogP contribution is 2.49. The molecular weight excluding hydrogens is 186 g/mol. The van der Waals surface area contributed by atoms with Gasteiger partial charge in [0.05, 0.1) is 0 Å². The van der Waals surface area contributed by atoms with Gasteiger partial charge in [-0.1, -0.05) is 0 Å². The molecule has 1 aromatic rings. The van der Waals surface area contributed by atoms with Crippen LogP contribution >= 0.6 is 12.4 Å². The van der Waals surface area contributed by atoms with Crippen molar-refractivity contribution in [2.45, 2.75) is 19.4 Å². The van der Waals surface area contributed by atoms with E-state index in [1.54, 1.807) is 5.56 Å². The van der Waals surface area contributed by atoms with Crippen molar-refractivity contribution in [3.8, 4) is 0 Å².